The van der Waals surface area contributed by atoms with Gasteiger partial charge in [-0.3, -0.25) is 4.79 Å². The smallest absolute Gasteiger partial charge is 0.302 e. The molecule has 0 heterocycles. The van der Waals surface area contributed by atoms with Gasteiger partial charge in [-0.1, -0.05) is 12.1 Å². The number of carbonyl (C=O) groups is 1. The van der Waals surface area contributed by atoms with Crippen molar-refractivity contribution < 1.29 is 14.3 Å². The fourth-order valence-electron chi connectivity index (χ4n) is 1.10. The first-order valence-corrected chi connectivity index (χ1v) is 4.52. The van der Waals surface area contributed by atoms with Crippen molar-refractivity contribution in [2.45, 2.75) is 13.3 Å². The second-order valence-electron chi connectivity index (χ2n) is 2.96. The van der Waals surface area contributed by atoms with E-state index in [2.05, 4.69) is 4.99 Å². The van der Waals surface area contributed by atoms with Crippen LogP contribution >= 0.6 is 0 Å². The Bertz CT molecular complexity index is 377. The van der Waals surface area contributed by atoms with Crippen LogP contribution in [0, 0.1) is 0 Å². The van der Waals surface area contributed by atoms with Crippen LogP contribution in [0.3, 0.4) is 0 Å². The van der Waals surface area contributed by atoms with E-state index in [0.717, 1.165) is 5.56 Å². The molecule has 0 aliphatic rings. The minimum absolute atomic E-state index is 0.280. The molecular formula is C11H11NO3. The Morgan fingerprint density at radius 2 is 2.07 bits per heavy atom. The summed E-state index contributed by atoms with van der Waals surface area (Å²) in [6, 6.07) is 7.10. The first kappa shape index (κ1) is 11.1. The maximum Gasteiger partial charge on any atom is 0.302 e. The van der Waals surface area contributed by atoms with Crippen molar-refractivity contribution in [1.29, 1.82) is 0 Å². The number of hydrogen-bond donors (Lipinski definition) is 0. The minimum Gasteiger partial charge on any atom is -0.466 e. The molecule has 15 heavy (non-hydrogen) atoms. The number of esters is 1. The summed E-state index contributed by atoms with van der Waals surface area (Å²) in [5, 5.41) is 0. The number of isocyanates is 1. The van der Waals surface area contributed by atoms with E-state index in [9.17, 15) is 9.59 Å². The average Bonchev–Trinajstić information content (AvgIpc) is 2.20. The molecule has 4 nitrogen and oxygen atoms in total. The first-order chi connectivity index (χ1) is 7.22. The van der Waals surface area contributed by atoms with E-state index in [1.54, 1.807) is 12.1 Å². The highest BCUT2D eigenvalue weighted by Crippen LogP contribution is 2.12. The van der Waals surface area contributed by atoms with Crippen LogP contribution in [-0.4, -0.2) is 18.7 Å². The number of carbonyl (C=O) groups excluding carboxylic acids is 2. The standard InChI is InChI=1S/C11H11NO3/c1-9(14)15-7-6-10-2-4-11(5-3-10)12-8-13/h2-5H,6-7H2,1H3. The number of nitrogens with zero attached hydrogens (tertiary/aromatic N) is 1. The molecule has 1 aromatic rings. The highest BCUT2D eigenvalue weighted by molar-refractivity contribution is 5.65. The molecule has 1 aromatic carbocycles. The lowest BCUT2D eigenvalue weighted by Crippen LogP contribution is -2.02. The van der Waals surface area contributed by atoms with Crippen LogP contribution in [0.4, 0.5) is 5.69 Å². The molecule has 0 unspecified atom stereocenters. The maximum atomic E-state index is 10.5. The number of ether oxygens (including phenoxy) is 1. The predicted octanol–water partition coefficient (Wildman–Crippen LogP) is 1.76. The Hall–Kier alpha value is -1.93. The SMILES string of the molecule is CC(=O)OCCc1ccc(N=C=O)cc1. The van der Waals surface area contributed by atoms with Gasteiger partial charge in [0.05, 0.1) is 12.3 Å². The van der Waals surface area contributed by atoms with E-state index >= 15 is 0 Å². The molecule has 0 atom stereocenters. The molecule has 78 valence electrons. The van der Waals surface area contributed by atoms with Gasteiger partial charge in [0.15, 0.2) is 0 Å². The van der Waals surface area contributed by atoms with E-state index in [-0.39, 0.29) is 5.97 Å². The lowest BCUT2D eigenvalue weighted by Gasteiger charge is -2.01. The van der Waals surface area contributed by atoms with Gasteiger partial charge in [-0.2, -0.15) is 4.99 Å². The molecule has 0 fully saturated rings. The van der Waals surface area contributed by atoms with Gasteiger partial charge in [0.1, 0.15) is 0 Å². The van der Waals surface area contributed by atoms with E-state index < -0.39 is 0 Å². The fraction of sp³-hybridized carbons (Fsp3) is 0.273. The number of rotatable bonds is 4. The Morgan fingerprint density at radius 3 is 2.60 bits per heavy atom. The Labute approximate surface area is 87.6 Å². The number of benzene rings is 1. The highest BCUT2D eigenvalue weighted by atomic mass is 16.5. The summed E-state index contributed by atoms with van der Waals surface area (Å²) >= 11 is 0. The Kier molecular flexibility index (Phi) is 4.26. The second kappa shape index (κ2) is 5.73. The van der Waals surface area contributed by atoms with Crippen LogP contribution < -0.4 is 0 Å². The van der Waals surface area contributed by atoms with Gasteiger partial charge < -0.3 is 4.74 Å². The molecule has 0 saturated carbocycles. The molecule has 0 amide bonds. The normalized spacial score (nSPS) is 9.13. The summed E-state index contributed by atoms with van der Waals surface area (Å²) in [4.78, 5) is 23.9. The van der Waals surface area contributed by atoms with Crippen molar-refractivity contribution >= 4 is 17.7 Å². The van der Waals surface area contributed by atoms with Gasteiger partial charge in [-0.25, -0.2) is 4.79 Å². The van der Waals surface area contributed by atoms with Gasteiger partial charge in [0.2, 0.25) is 6.08 Å². The van der Waals surface area contributed by atoms with E-state index in [4.69, 9.17) is 4.74 Å². The van der Waals surface area contributed by atoms with Crippen LogP contribution in [-0.2, 0) is 20.7 Å². The maximum absolute atomic E-state index is 10.5. The van der Waals surface area contributed by atoms with Crippen molar-refractivity contribution in [3.63, 3.8) is 0 Å². The summed E-state index contributed by atoms with van der Waals surface area (Å²) in [5.41, 5.74) is 1.60. The molecule has 0 bridgehead atoms. The first-order valence-electron chi connectivity index (χ1n) is 4.52. The van der Waals surface area contributed by atoms with Crippen molar-refractivity contribution in [3.05, 3.63) is 29.8 Å². The fourth-order valence-corrected chi connectivity index (χ4v) is 1.10. The van der Waals surface area contributed by atoms with Crippen molar-refractivity contribution in [2.75, 3.05) is 6.61 Å². The van der Waals surface area contributed by atoms with Gasteiger partial charge >= 0.3 is 5.97 Å². The highest BCUT2D eigenvalue weighted by Gasteiger charge is 1.96. The van der Waals surface area contributed by atoms with Gasteiger partial charge in [-0.05, 0) is 17.7 Å². The zero-order chi connectivity index (χ0) is 11.1. The molecule has 0 aromatic heterocycles. The van der Waals surface area contributed by atoms with E-state index in [1.807, 2.05) is 12.1 Å². The predicted molar refractivity (Wildman–Crippen MR) is 54.6 cm³/mol. The number of hydrogen-bond acceptors (Lipinski definition) is 4. The molecule has 4 heteroatoms. The molecule has 0 saturated heterocycles. The topological polar surface area (TPSA) is 55.7 Å². The average molecular weight is 205 g/mol. The summed E-state index contributed by atoms with van der Waals surface area (Å²) in [6.45, 7) is 1.74. The van der Waals surface area contributed by atoms with Crippen LogP contribution in [0.2, 0.25) is 0 Å². The third-order valence-corrected chi connectivity index (χ3v) is 1.81. The summed E-state index contributed by atoms with van der Waals surface area (Å²) < 4.78 is 4.80. The molecule has 0 aliphatic carbocycles. The van der Waals surface area contributed by atoms with Crippen LogP contribution in [0.25, 0.3) is 0 Å². The largest absolute Gasteiger partial charge is 0.466 e. The van der Waals surface area contributed by atoms with Crippen molar-refractivity contribution in [3.8, 4) is 0 Å². The summed E-state index contributed by atoms with van der Waals surface area (Å²) in [5.74, 6) is -0.280. The quantitative estimate of drug-likeness (QED) is 0.427. The lowest BCUT2D eigenvalue weighted by atomic mass is 10.1. The van der Waals surface area contributed by atoms with Crippen LogP contribution in [0.1, 0.15) is 12.5 Å². The van der Waals surface area contributed by atoms with Crippen molar-refractivity contribution in [1.82, 2.24) is 0 Å². The lowest BCUT2D eigenvalue weighted by molar-refractivity contribution is -0.140. The third kappa shape index (κ3) is 4.20. The zero-order valence-electron chi connectivity index (χ0n) is 8.40. The minimum atomic E-state index is -0.280. The van der Waals surface area contributed by atoms with Crippen molar-refractivity contribution in [2.24, 2.45) is 4.99 Å². The summed E-state index contributed by atoms with van der Waals surface area (Å²) in [6.07, 6.45) is 2.12. The molecule has 0 spiro atoms. The molecule has 1 rings (SSSR count). The van der Waals surface area contributed by atoms with E-state index in [0.29, 0.717) is 18.7 Å². The third-order valence-electron chi connectivity index (χ3n) is 1.81. The Morgan fingerprint density at radius 1 is 1.40 bits per heavy atom. The zero-order valence-corrected chi connectivity index (χ0v) is 8.40. The van der Waals surface area contributed by atoms with Crippen LogP contribution in [0.5, 0.6) is 0 Å². The summed E-state index contributed by atoms with van der Waals surface area (Å²) in [7, 11) is 0. The molecular weight excluding hydrogens is 194 g/mol. The van der Waals surface area contributed by atoms with Gasteiger partial charge in [0, 0.05) is 13.3 Å². The van der Waals surface area contributed by atoms with Gasteiger partial charge in [0.25, 0.3) is 0 Å². The second-order valence-corrected chi connectivity index (χ2v) is 2.96. The molecule has 0 radical (unpaired) electrons. The number of aliphatic imine (C=N–C) groups is 1. The van der Waals surface area contributed by atoms with E-state index in [1.165, 1.54) is 13.0 Å². The molecule has 0 aliphatic heterocycles. The Balaban J connectivity index is 2.49. The monoisotopic (exact) mass is 205 g/mol. The van der Waals surface area contributed by atoms with Crippen LogP contribution in [0.15, 0.2) is 29.3 Å². The molecule has 0 N–H and O–H groups in total. The van der Waals surface area contributed by atoms with Gasteiger partial charge in [-0.15, -0.1) is 0 Å².